The molecule has 3 aromatic rings. The minimum absolute atomic E-state index is 0.0300. The molecule has 0 saturated carbocycles. The summed E-state index contributed by atoms with van der Waals surface area (Å²) >= 11 is 0. The van der Waals surface area contributed by atoms with E-state index in [0.29, 0.717) is 11.4 Å². The lowest BCUT2D eigenvalue weighted by molar-refractivity contribution is -0.122. The molecule has 0 atom stereocenters. The number of benzene rings is 3. The Labute approximate surface area is 210 Å². The summed E-state index contributed by atoms with van der Waals surface area (Å²) in [6.45, 7) is 6.85. The van der Waals surface area contributed by atoms with Crippen molar-refractivity contribution in [3.05, 3.63) is 88.7 Å². The smallest absolute Gasteiger partial charge is 0.238 e. The maximum absolute atomic E-state index is 14.0. The van der Waals surface area contributed by atoms with Crippen LogP contribution in [0, 0.1) is 33.5 Å². The van der Waals surface area contributed by atoms with Crippen LogP contribution in [0.15, 0.2) is 60.7 Å². The molecule has 0 saturated heterocycles. The molecule has 0 aliphatic heterocycles. The number of anilines is 3. The molecule has 0 radical (unpaired) electrons. The second-order valence-corrected chi connectivity index (χ2v) is 8.80. The second-order valence-electron chi connectivity index (χ2n) is 8.80. The Hall–Kier alpha value is -4.04. The number of rotatable bonds is 9. The summed E-state index contributed by atoms with van der Waals surface area (Å²) < 4.78 is 14.0. The van der Waals surface area contributed by atoms with Gasteiger partial charge in [0.1, 0.15) is 5.82 Å². The van der Waals surface area contributed by atoms with Crippen LogP contribution in [0.2, 0.25) is 0 Å². The van der Waals surface area contributed by atoms with E-state index >= 15 is 0 Å². The van der Waals surface area contributed by atoms with Gasteiger partial charge in [-0.1, -0.05) is 48.5 Å². The van der Waals surface area contributed by atoms with Crippen LogP contribution in [0.5, 0.6) is 0 Å². The van der Waals surface area contributed by atoms with Gasteiger partial charge in [-0.25, -0.2) is 4.39 Å². The van der Waals surface area contributed by atoms with Crippen molar-refractivity contribution in [1.82, 2.24) is 4.90 Å². The summed E-state index contributed by atoms with van der Waals surface area (Å²) in [5, 5.41) is 8.26. The Bertz CT molecular complexity index is 1170. The first kappa shape index (κ1) is 26.6. The predicted molar refractivity (Wildman–Crippen MR) is 141 cm³/mol. The van der Waals surface area contributed by atoms with Crippen LogP contribution in [0.25, 0.3) is 0 Å². The maximum Gasteiger partial charge on any atom is 0.238 e. The monoisotopic (exact) mass is 490 g/mol. The van der Waals surface area contributed by atoms with Crippen molar-refractivity contribution in [2.24, 2.45) is 0 Å². The average Bonchev–Trinajstić information content (AvgIpc) is 2.80. The van der Waals surface area contributed by atoms with E-state index in [4.69, 9.17) is 0 Å². The van der Waals surface area contributed by atoms with E-state index < -0.39 is 11.7 Å². The Morgan fingerprint density at radius 2 is 1.00 bits per heavy atom. The zero-order valence-electron chi connectivity index (χ0n) is 20.9. The second kappa shape index (κ2) is 12.1. The van der Waals surface area contributed by atoms with Crippen molar-refractivity contribution in [2.45, 2.75) is 27.7 Å². The summed E-state index contributed by atoms with van der Waals surface area (Å²) in [4.78, 5) is 39.9. The van der Waals surface area contributed by atoms with Gasteiger partial charge in [0.15, 0.2) is 0 Å². The van der Waals surface area contributed by atoms with Gasteiger partial charge in [-0.05, 0) is 62.1 Å². The Balaban J connectivity index is 1.74. The van der Waals surface area contributed by atoms with E-state index in [1.165, 1.54) is 23.1 Å². The van der Waals surface area contributed by atoms with Crippen LogP contribution in [0.4, 0.5) is 21.5 Å². The normalized spacial score (nSPS) is 10.7. The number of carbonyl (C=O) groups is 3. The van der Waals surface area contributed by atoms with Crippen molar-refractivity contribution in [3.8, 4) is 0 Å². The molecule has 8 heteroatoms. The van der Waals surface area contributed by atoms with Crippen LogP contribution in [-0.2, 0) is 14.4 Å². The summed E-state index contributed by atoms with van der Waals surface area (Å²) in [6, 6.07) is 17.2. The first-order valence-corrected chi connectivity index (χ1v) is 11.6. The van der Waals surface area contributed by atoms with Gasteiger partial charge in [0, 0.05) is 11.4 Å². The molecule has 0 aliphatic rings. The third-order valence-corrected chi connectivity index (χ3v) is 5.74. The molecule has 7 nitrogen and oxygen atoms in total. The molecular formula is C28H31FN4O3. The number of hydrogen-bond acceptors (Lipinski definition) is 4. The third-order valence-electron chi connectivity index (χ3n) is 5.74. The number of aryl methyl sites for hydroxylation is 4. The van der Waals surface area contributed by atoms with Crippen molar-refractivity contribution in [1.29, 1.82) is 0 Å². The van der Waals surface area contributed by atoms with Gasteiger partial charge < -0.3 is 16.0 Å². The lowest BCUT2D eigenvalue weighted by Crippen LogP contribution is -2.43. The largest absolute Gasteiger partial charge is 0.324 e. The van der Waals surface area contributed by atoms with Gasteiger partial charge in [0.25, 0.3) is 0 Å². The zero-order chi connectivity index (χ0) is 26.2. The van der Waals surface area contributed by atoms with Crippen molar-refractivity contribution in [2.75, 3.05) is 35.6 Å². The van der Waals surface area contributed by atoms with E-state index in [-0.39, 0.29) is 37.1 Å². The van der Waals surface area contributed by atoms with Crippen LogP contribution in [0.3, 0.4) is 0 Å². The van der Waals surface area contributed by atoms with E-state index in [1.807, 2.05) is 64.1 Å². The minimum Gasteiger partial charge on any atom is -0.324 e. The molecule has 0 unspecified atom stereocenters. The molecule has 3 N–H and O–H groups in total. The molecule has 188 valence electrons. The third kappa shape index (κ3) is 7.23. The van der Waals surface area contributed by atoms with Gasteiger partial charge in [0.2, 0.25) is 17.7 Å². The Kier molecular flexibility index (Phi) is 8.91. The quantitative estimate of drug-likeness (QED) is 0.410. The molecule has 0 aliphatic carbocycles. The predicted octanol–water partition coefficient (Wildman–Crippen LogP) is 4.58. The number of para-hydroxylation sites is 3. The standard InChI is InChI=1S/C28H31FN4O3/c1-18-9-7-10-19(2)27(18)31-25(35)16-33(15-24(34)30-23-14-6-5-13-22(23)29)17-26(36)32-28-20(3)11-8-12-21(28)4/h5-14H,15-17H2,1-4H3,(H,30,34)(H,31,35)(H,32,36). The van der Waals surface area contributed by atoms with Crippen LogP contribution in [-0.4, -0.2) is 42.3 Å². The average molecular weight is 491 g/mol. The number of amides is 3. The minimum atomic E-state index is -0.571. The van der Waals surface area contributed by atoms with Crippen LogP contribution < -0.4 is 16.0 Å². The highest BCUT2D eigenvalue weighted by atomic mass is 19.1. The number of halogens is 1. The van der Waals surface area contributed by atoms with Crippen LogP contribution >= 0.6 is 0 Å². The van der Waals surface area contributed by atoms with E-state index in [9.17, 15) is 18.8 Å². The first-order valence-electron chi connectivity index (χ1n) is 11.6. The molecular weight excluding hydrogens is 459 g/mol. The fourth-order valence-corrected chi connectivity index (χ4v) is 3.91. The van der Waals surface area contributed by atoms with Gasteiger partial charge >= 0.3 is 0 Å². The van der Waals surface area contributed by atoms with Gasteiger partial charge in [-0.15, -0.1) is 0 Å². The molecule has 36 heavy (non-hydrogen) atoms. The van der Waals surface area contributed by atoms with Crippen molar-refractivity contribution >= 4 is 34.8 Å². The maximum atomic E-state index is 14.0. The zero-order valence-corrected chi connectivity index (χ0v) is 20.9. The molecule has 0 spiro atoms. The highest BCUT2D eigenvalue weighted by Crippen LogP contribution is 2.20. The van der Waals surface area contributed by atoms with Gasteiger partial charge in [-0.2, -0.15) is 0 Å². The number of nitrogens with one attached hydrogen (secondary N) is 3. The van der Waals surface area contributed by atoms with Gasteiger partial charge in [-0.3, -0.25) is 19.3 Å². The highest BCUT2D eigenvalue weighted by molar-refractivity contribution is 5.98. The number of nitrogens with zero attached hydrogens (tertiary/aromatic N) is 1. The summed E-state index contributed by atoms with van der Waals surface area (Å²) in [5.74, 6) is -1.85. The van der Waals surface area contributed by atoms with E-state index in [2.05, 4.69) is 16.0 Å². The SMILES string of the molecule is Cc1cccc(C)c1NC(=O)CN(CC(=O)Nc1ccccc1F)CC(=O)Nc1c(C)cccc1C. The molecule has 3 rings (SSSR count). The van der Waals surface area contributed by atoms with Gasteiger partial charge in [0.05, 0.1) is 25.3 Å². The fraction of sp³-hybridized carbons (Fsp3) is 0.250. The Morgan fingerprint density at radius 3 is 1.42 bits per heavy atom. The summed E-state index contributed by atoms with van der Waals surface area (Å²) in [6.07, 6.45) is 0. The fourth-order valence-electron chi connectivity index (χ4n) is 3.91. The highest BCUT2D eigenvalue weighted by Gasteiger charge is 2.20. The molecule has 0 fully saturated rings. The summed E-state index contributed by atoms with van der Waals surface area (Å²) in [5.41, 5.74) is 5.03. The molecule has 3 amide bonds. The lowest BCUT2D eigenvalue weighted by Gasteiger charge is -2.22. The first-order chi connectivity index (χ1) is 17.1. The Morgan fingerprint density at radius 1 is 0.611 bits per heavy atom. The van der Waals surface area contributed by atoms with E-state index in [0.717, 1.165) is 22.3 Å². The molecule has 0 bridgehead atoms. The van der Waals surface area contributed by atoms with Crippen LogP contribution in [0.1, 0.15) is 22.3 Å². The topological polar surface area (TPSA) is 90.5 Å². The van der Waals surface area contributed by atoms with E-state index in [1.54, 1.807) is 6.07 Å². The molecule has 0 heterocycles. The lowest BCUT2D eigenvalue weighted by atomic mass is 10.1. The number of hydrogen-bond donors (Lipinski definition) is 3. The molecule has 0 aromatic heterocycles. The van der Waals surface area contributed by atoms with Crippen molar-refractivity contribution < 1.29 is 18.8 Å². The molecule has 3 aromatic carbocycles. The number of carbonyl (C=O) groups excluding carboxylic acids is 3. The van der Waals surface area contributed by atoms with Crippen molar-refractivity contribution in [3.63, 3.8) is 0 Å². The summed E-state index contributed by atoms with van der Waals surface area (Å²) in [7, 11) is 0.